The van der Waals surface area contributed by atoms with Gasteiger partial charge >= 0.3 is 0 Å². The Labute approximate surface area is 262 Å². The number of hydrogen-bond acceptors (Lipinski definition) is 9. The van der Waals surface area contributed by atoms with Crippen LogP contribution >= 0.6 is 0 Å². The number of nitrogens with two attached hydrogens (primary N) is 1. The molecule has 224 valence electrons. The van der Waals surface area contributed by atoms with Crippen LogP contribution in [0.25, 0.3) is 39.5 Å². The molecule has 6 aromatic rings. The lowest BCUT2D eigenvalue weighted by Crippen LogP contribution is -2.46. The van der Waals surface area contributed by atoms with Crippen LogP contribution < -0.4 is 10.6 Å². The number of anilines is 2. The van der Waals surface area contributed by atoms with Crippen molar-refractivity contribution in [3.63, 3.8) is 0 Å². The van der Waals surface area contributed by atoms with Crippen molar-refractivity contribution in [3.05, 3.63) is 109 Å². The first kappa shape index (κ1) is 29.4. The predicted octanol–water partition coefficient (Wildman–Crippen LogP) is 5.74. The van der Waals surface area contributed by atoms with Gasteiger partial charge in [0.05, 0.1) is 29.3 Å². The molecule has 1 aliphatic rings. The van der Waals surface area contributed by atoms with E-state index in [2.05, 4.69) is 65.7 Å². The molecule has 10 nitrogen and oxygen atoms in total. The number of benzene rings is 2. The maximum atomic E-state index is 8.95. The van der Waals surface area contributed by atoms with Crippen LogP contribution in [0.15, 0.2) is 97.5 Å². The summed E-state index contributed by atoms with van der Waals surface area (Å²) in [7, 11) is 0. The van der Waals surface area contributed by atoms with Crippen LogP contribution in [0.3, 0.4) is 0 Å². The number of pyridine rings is 2. The highest BCUT2D eigenvalue weighted by atomic mass is 15.3. The van der Waals surface area contributed by atoms with Gasteiger partial charge in [-0.25, -0.2) is 24.9 Å². The van der Waals surface area contributed by atoms with Crippen LogP contribution in [0.1, 0.15) is 25.2 Å². The summed E-state index contributed by atoms with van der Waals surface area (Å²) >= 11 is 0. The monoisotopic (exact) mass is 594 g/mol. The largest absolute Gasteiger partial charge is 0.383 e. The summed E-state index contributed by atoms with van der Waals surface area (Å²) in [6, 6.07) is 28.5. The lowest BCUT2D eigenvalue weighted by molar-refractivity contribution is 0.250. The second-order valence-corrected chi connectivity index (χ2v) is 10.4. The van der Waals surface area contributed by atoms with Crippen LogP contribution in [0.2, 0.25) is 0 Å². The van der Waals surface area contributed by atoms with Gasteiger partial charge in [0, 0.05) is 50.2 Å². The number of nitrogens with zero attached hydrogens (tertiary/aromatic N) is 9. The maximum Gasteiger partial charge on any atom is 0.232 e. The number of imidazole rings is 1. The van der Waals surface area contributed by atoms with Crippen LogP contribution in [0, 0.1) is 11.3 Å². The Kier molecular flexibility index (Phi) is 8.71. The second-order valence-electron chi connectivity index (χ2n) is 10.4. The first-order chi connectivity index (χ1) is 22.2. The highest BCUT2D eigenvalue weighted by molar-refractivity contribution is 5.84. The fourth-order valence-corrected chi connectivity index (χ4v) is 5.47. The smallest absolute Gasteiger partial charge is 0.232 e. The van der Waals surface area contributed by atoms with Crippen LogP contribution in [0.4, 0.5) is 11.5 Å². The average Bonchev–Trinajstić information content (AvgIpc) is 3.49. The zero-order chi connectivity index (χ0) is 31.2. The van der Waals surface area contributed by atoms with Crippen molar-refractivity contribution in [1.29, 1.82) is 5.26 Å². The van der Waals surface area contributed by atoms with Gasteiger partial charge in [0.25, 0.3) is 0 Å². The maximum absolute atomic E-state index is 8.95. The normalized spacial score (nSPS) is 13.2. The minimum atomic E-state index is 0.193. The molecule has 0 unspecified atom stereocenters. The molecule has 4 aromatic heterocycles. The number of aromatic nitrogens is 6. The number of nitrogen functional groups attached to an aromatic ring is 1. The van der Waals surface area contributed by atoms with Crippen LogP contribution in [0.5, 0.6) is 0 Å². The molecule has 0 bridgehead atoms. The SMILES string of the molecule is CC.N#Cc1ncc(N2CCN(Cc3ccc(-n4c(-c5cccnc5N)nc5ccc(-c6ccccc6)nc54)cc3)CC2)cn1. The summed E-state index contributed by atoms with van der Waals surface area (Å²) in [6.07, 6.45) is 5.14. The fourth-order valence-electron chi connectivity index (χ4n) is 5.47. The molecule has 0 amide bonds. The molecular formula is C35H34N10. The molecule has 1 fully saturated rings. The fraction of sp³-hybridized carbons (Fsp3) is 0.200. The number of fused-ring (bicyclic) bond motifs is 1. The molecule has 2 N–H and O–H groups in total. The molecule has 1 saturated heterocycles. The average molecular weight is 595 g/mol. The van der Waals surface area contributed by atoms with Gasteiger partial charge in [-0.15, -0.1) is 0 Å². The van der Waals surface area contributed by atoms with Crippen LogP contribution in [-0.4, -0.2) is 60.6 Å². The molecule has 0 aliphatic carbocycles. The van der Waals surface area contributed by atoms with Gasteiger partial charge in [0.1, 0.15) is 17.4 Å². The summed E-state index contributed by atoms with van der Waals surface area (Å²) in [6.45, 7) is 8.44. The van der Waals surface area contributed by atoms with Crippen LogP contribution in [-0.2, 0) is 6.54 Å². The third-order valence-corrected chi connectivity index (χ3v) is 7.73. The van der Waals surface area contributed by atoms with Crippen molar-refractivity contribution in [1.82, 2.24) is 34.4 Å². The third-order valence-electron chi connectivity index (χ3n) is 7.73. The lowest BCUT2D eigenvalue weighted by atomic mass is 10.1. The van der Waals surface area contributed by atoms with E-state index in [-0.39, 0.29) is 5.82 Å². The first-order valence-electron chi connectivity index (χ1n) is 15.1. The van der Waals surface area contributed by atoms with Gasteiger partial charge in [-0.05, 0) is 42.0 Å². The summed E-state index contributed by atoms with van der Waals surface area (Å²) in [5, 5.41) is 8.95. The number of nitriles is 1. The molecule has 10 heteroatoms. The van der Waals surface area contributed by atoms with Crippen molar-refractivity contribution in [3.8, 4) is 34.4 Å². The molecule has 0 radical (unpaired) electrons. The molecule has 2 aromatic carbocycles. The number of hydrogen-bond donors (Lipinski definition) is 1. The molecule has 7 rings (SSSR count). The highest BCUT2D eigenvalue weighted by Gasteiger charge is 2.20. The molecule has 5 heterocycles. The highest BCUT2D eigenvalue weighted by Crippen LogP contribution is 2.32. The van der Waals surface area contributed by atoms with E-state index in [1.165, 1.54) is 5.56 Å². The standard InChI is InChI=1S/C33H28N10.C2H6/c34-19-30-37-20-26(21-38-30)42-17-15-41(16-18-42)22-23-8-10-25(11-9-23)43-32(27-7-4-14-36-31(27)35)40-29-13-12-28(39-33(29)43)24-5-2-1-3-6-24;1-2/h1-14,20-21H,15-18,22H2,(H2,35,36);1-2H3. The Morgan fingerprint density at radius 2 is 1.51 bits per heavy atom. The summed E-state index contributed by atoms with van der Waals surface area (Å²) in [4.78, 5) is 27.2. The molecule has 0 spiro atoms. The Morgan fingerprint density at radius 1 is 0.778 bits per heavy atom. The zero-order valence-electron chi connectivity index (χ0n) is 25.4. The van der Waals surface area contributed by atoms with Crippen molar-refractivity contribution in [2.75, 3.05) is 36.8 Å². The Hall–Kier alpha value is -5.66. The number of piperazine rings is 1. The molecule has 1 aliphatic heterocycles. The van der Waals surface area contributed by atoms with Gasteiger partial charge in [-0.1, -0.05) is 56.3 Å². The predicted molar refractivity (Wildman–Crippen MR) is 178 cm³/mol. The van der Waals surface area contributed by atoms with E-state index in [0.717, 1.165) is 72.1 Å². The minimum Gasteiger partial charge on any atom is -0.383 e. The summed E-state index contributed by atoms with van der Waals surface area (Å²) in [5.41, 5.74) is 13.7. The van der Waals surface area contributed by atoms with E-state index >= 15 is 0 Å². The molecule has 0 atom stereocenters. The lowest BCUT2D eigenvalue weighted by Gasteiger charge is -2.35. The van der Waals surface area contributed by atoms with Crippen molar-refractivity contribution < 1.29 is 0 Å². The summed E-state index contributed by atoms with van der Waals surface area (Å²) < 4.78 is 2.07. The van der Waals surface area contributed by atoms with E-state index < -0.39 is 0 Å². The Bertz CT molecular complexity index is 1920. The molecule has 45 heavy (non-hydrogen) atoms. The van der Waals surface area contributed by atoms with Crippen molar-refractivity contribution >= 4 is 22.7 Å². The van der Waals surface area contributed by atoms with Gasteiger partial charge in [-0.3, -0.25) is 9.47 Å². The summed E-state index contributed by atoms with van der Waals surface area (Å²) in [5.74, 6) is 1.32. The topological polar surface area (TPSA) is 126 Å². The van der Waals surface area contributed by atoms with E-state index in [9.17, 15) is 0 Å². The zero-order valence-corrected chi connectivity index (χ0v) is 25.4. The minimum absolute atomic E-state index is 0.193. The Balaban J connectivity index is 0.00000175. The second kappa shape index (κ2) is 13.3. The van der Waals surface area contributed by atoms with Gasteiger partial charge in [-0.2, -0.15) is 5.26 Å². The van der Waals surface area contributed by atoms with Gasteiger partial charge in [0.2, 0.25) is 5.82 Å². The van der Waals surface area contributed by atoms with E-state index in [1.807, 2.05) is 62.4 Å². The quantitative estimate of drug-likeness (QED) is 0.257. The molecular weight excluding hydrogens is 560 g/mol. The number of rotatable bonds is 6. The Morgan fingerprint density at radius 3 is 2.20 bits per heavy atom. The van der Waals surface area contributed by atoms with E-state index in [4.69, 9.17) is 21.0 Å². The van der Waals surface area contributed by atoms with E-state index in [0.29, 0.717) is 11.6 Å². The van der Waals surface area contributed by atoms with Crippen molar-refractivity contribution in [2.24, 2.45) is 0 Å². The first-order valence-corrected chi connectivity index (χ1v) is 15.1. The van der Waals surface area contributed by atoms with Gasteiger partial charge < -0.3 is 10.6 Å². The van der Waals surface area contributed by atoms with Crippen molar-refractivity contribution in [2.45, 2.75) is 20.4 Å². The van der Waals surface area contributed by atoms with E-state index in [1.54, 1.807) is 18.6 Å². The van der Waals surface area contributed by atoms with Gasteiger partial charge in [0.15, 0.2) is 11.5 Å². The third kappa shape index (κ3) is 6.20. The molecule has 0 saturated carbocycles.